The highest BCUT2D eigenvalue weighted by molar-refractivity contribution is 7.13. The maximum absolute atomic E-state index is 14.1. The van der Waals surface area contributed by atoms with E-state index in [1.807, 2.05) is 69.6 Å². The number of nitrogens with zero attached hydrogens (tertiary/aromatic N) is 8. The summed E-state index contributed by atoms with van der Waals surface area (Å²) >= 11 is 1.57. The Kier molecular flexibility index (Phi) is 14.7. The van der Waals surface area contributed by atoms with Crippen LogP contribution in [-0.4, -0.2) is 120 Å². The lowest BCUT2D eigenvalue weighted by Gasteiger charge is -2.36. The van der Waals surface area contributed by atoms with E-state index in [4.69, 9.17) is 9.97 Å². The molecule has 4 amide bonds. The quantitative estimate of drug-likeness (QED) is 0.125. The fraction of sp³-hybridized carbons (Fsp3) is 0.490. The first-order valence-corrected chi connectivity index (χ1v) is 24.8. The Morgan fingerprint density at radius 1 is 0.913 bits per heavy atom. The first-order valence-electron chi connectivity index (χ1n) is 23.9. The molecule has 3 aliphatic rings. The third kappa shape index (κ3) is 10.9. The molecule has 4 aromatic heterocycles. The van der Waals surface area contributed by atoms with Gasteiger partial charge in [0.1, 0.15) is 23.6 Å². The number of aliphatic hydroxyl groups excluding tert-OH is 1. The van der Waals surface area contributed by atoms with Gasteiger partial charge in [0, 0.05) is 81.8 Å². The topological polar surface area (TPSA) is 213 Å². The number of aliphatic hydroxyl groups is 1. The van der Waals surface area contributed by atoms with Gasteiger partial charge in [0.05, 0.1) is 46.1 Å². The maximum Gasteiger partial charge on any atom is 0.263 e. The van der Waals surface area contributed by atoms with Gasteiger partial charge in [-0.3, -0.25) is 38.3 Å². The molecule has 3 atom stereocenters. The molecule has 1 saturated carbocycles. The van der Waals surface area contributed by atoms with Crippen LogP contribution in [0, 0.1) is 19.3 Å². The molecule has 5 aromatic rings. The number of likely N-dealkylation sites (tertiary alicyclic amines) is 1. The number of aryl methyl sites for hydroxylation is 2. The summed E-state index contributed by atoms with van der Waals surface area (Å²) in [5.74, 6) is -1.19. The molecule has 0 bridgehead atoms. The Morgan fingerprint density at radius 3 is 2.28 bits per heavy atom. The van der Waals surface area contributed by atoms with Gasteiger partial charge in [-0.2, -0.15) is 0 Å². The lowest BCUT2D eigenvalue weighted by molar-refractivity contribution is -0.144. The molecule has 6 heterocycles. The summed E-state index contributed by atoms with van der Waals surface area (Å²) in [5.41, 5.74) is 6.69. The lowest BCUT2D eigenvalue weighted by atomic mass is 9.85. The zero-order chi connectivity index (χ0) is 49.1. The number of benzene rings is 1. The van der Waals surface area contributed by atoms with Crippen LogP contribution >= 0.6 is 11.3 Å². The van der Waals surface area contributed by atoms with E-state index in [0.717, 1.165) is 58.8 Å². The summed E-state index contributed by atoms with van der Waals surface area (Å²) in [6.07, 6.45) is 6.68. The molecule has 1 aromatic carbocycles. The van der Waals surface area contributed by atoms with Crippen LogP contribution in [0.4, 0.5) is 5.69 Å². The summed E-state index contributed by atoms with van der Waals surface area (Å²) in [7, 11) is 0. The lowest BCUT2D eigenvalue weighted by Crippen LogP contribution is -2.57. The Balaban J connectivity index is 0.816. The number of fused-ring (bicyclic) bond motifs is 1. The second-order valence-corrected chi connectivity index (χ2v) is 20.5. The smallest absolute Gasteiger partial charge is 0.263 e. The molecular formula is C51H62N10O7S. The minimum atomic E-state index is -1.00. The SMILES string of the molecule is CC(=O)c1c(C)c2cnc(Cc3ccc(N4CCN(C(=O)CCC(=O)N[C@H](C(=O)N5C[C@H](O)C[C@H]5C(=O)NCc5ccc(-c6scnc6C)cc5)C(C)(C)C)CC4)cn3)nc2n(C2CCCC2)c1=O. The number of rotatable bonds is 14. The summed E-state index contributed by atoms with van der Waals surface area (Å²) in [4.78, 5) is 105. The fourth-order valence-corrected chi connectivity index (χ4v) is 10.7. The molecule has 69 heavy (non-hydrogen) atoms. The van der Waals surface area contributed by atoms with Gasteiger partial charge < -0.3 is 30.4 Å². The van der Waals surface area contributed by atoms with Crippen LogP contribution in [0.15, 0.2) is 59.1 Å². The van der Waals surface area contributed by atoms with E-state index in [0.29, 0.717) is 55.0 Å². The standard InChI is InChI=1S/C51H62N10O7S/c1-30-39-27-53-41(56-47(39)61(36-9-7-8-10-36)49(67)44(30)32(3)62)23-35-15-16-37(26-52-35)58-19-21-59(22-20-58)43(65)18-17-42(64)57-46(51(4,5)6)50(68)60-28-38(63)24-40(60)48(66)54-25-33-11-13-34(14-12-33)45-31(2)55-29-69-45/h11-16,26-27,29,36,38,40,46,63H,7-10,17-25,28H2,1-6H3,(H,54,66)(H,57,64)/t38-,40+,46-/m1/s1. The predicted octanol–water partition coefficient (Wildman–Crippen LogP) is 5.07. The van der Waals surface area contributed by atoms with Crippen molar-refractivity contribution in [1.29, 1.82) is 0 Å². The third-order valence-corrected chi connectivity index (χ3v) is 14.7. The number of carbonyl (C=O) groups is 5. The van der Waals surface area contributed by atoms with Gasteiger partial charge in [0.25, 0.3) is 5.56 Å². The number of anilines is 1. The monoisotopic (exact) mass is 958 g/mol. The number of carbonyl (C=O) groups excluding carboxylic acids is 5. The molecular weight excluding hydrogens is 897 g/mol. The second kappa shape index (κ2) is 20.7. The van der Waals surface area contributed by atoms with E-state index in [1.165, 1.54) is 11.8 Å². The van der Waals surface area contributed by atoms with E-state index in [1.54, 1.807) is 40.1 Å². The van der Waals surface area contributed by atoms with Crippen molar-refractivity contribution in [3.8, 4) is 10.4 Å². The van der Waals surface area contributed by atoms with Crippen LogP contribution in [0.5, 0.6) is 0 Å². The molecule has 3 N–H and O–H groups in total. The zero-order valence-electron chi connectivity index (χ0n) is 40.3. The van der Waals surface area contributed by atoms with Crippen LogP contribution in [0.1, 0.15) is 117 Å². The molecule has 2 saturated heterocycles. The zero-order valence-corrected chi connectivity index (χ0v) is 41.1. The first kappa shape index (κ1) is 49.0. The normalized spacial score (nSPS) is 18.2. The minimum absolute atomic E-state index is 0.00651. The number of ketones is 1. The number of thiazole rings is 1. The van der Waals surface area contributed by atoms with Crippen molar-refractivity contribution < 1.29 is 29.1 Å². The number of hydrogen-bond acceptors (Lipinski definition) is 13. The van der Waals surface area contributed by atoms with Crippen molar-refractivity contribution in [3.05, 3.63) is 98.6 Å². The van der Waals surface area contributed by atoms with Crippen molar-refractivity contribution in [3.63, 3.8) is 0 Å². The number of pyridine rings is 2. The van der Waals surface area contributed by atoms with Gasteiger partial charge in [-0.15, -0.1) is 11.3 Å². The van der Waals surface area contributed by atoms with Crippen LogP contribution in [0.3, 0.4) is 0 Å². The average molecular weight is 959 g/mol. The molecule has 2 aliphatic heterocycles. The van der Waals surface area contributed by atoms with Crippen LogP contribution in [0.2, 0.25) is 0 Å². The number of hydrogen-bond donors (Lipinski definition) is 3. The second-order valence-electron chi connectivity index (χ2n) is 19.7. The molecule has 0 radical (unpaired) electrons. The van der Waals surface area contributed by atoms with Crippen molar-refractivity contribution in [2.75, 3.05) is 37.6 Å². The largest absolute Gasteiger partial charge is 0.391 e. The van der Waals surface area contributed by atoms with Gasteiger partial charge in [0.2, 0.25) is 23.6 Å². The maximum atomic E-state index is 14.1. The summed E-state index contributed by atoms with van der Waals surface area (Å²) in [6.45, 7) is 12.9. The highest BCUT2D eigenvalue weighted by atomic mass is 32.1. The molecule has 364 valence electrons. The van der Waals surface area contributed by atoms with Crippen molar-refractivity contribution >= 4 is 57.5 Å². The van der Waals surface area contributed by atoms with E-state index in [-0.39, 0.29) is 67.1 Å². The summed E-state index contributed by atoms with van der Waals surface area (Å²) in [6, 6.07) is 9.84. The molecule has 3 fully saturated rings. The Labute approximate surface area is 405 Å². The third-order valence-electron chi connectivity index (χ3n) is 13.7. The number of β-amino-alcohol motifs (C(OH)–C–C–N with tert-alkyl or cyclic N) is 1. The minimum Gasteiger partial charge on any atom is -0.391 e. The molecule has 0 unspecified atom stereocenters. The molecule has 17 nitrogen and oxygen atoms in total. The van der Waals surface area contributed by atoms with Gasteiger partial charge >= 0.3 is 0 Å². The van der Waals surface area contributed by atoms with E-state index >= 15 is 0 Å². The Morgan fingerprint density at radius 2 is 1.64 bits per heavy atom. The molecule has 8 rings (SSSR count). The average Bonchev–Trinajstić information content (AvgIpc) is 4.11. The highest BCUT2D eigenvalue weighted by Crippen LogP contribution is 2.33. The molecule has 0 spiro atoms. The van der Waals surface area contributed by atoms with Crippen LogP contribution in [-0.2, 0) is 32.1 Å². The summed E-state index contributed by atoms with van der Waals surface area (Å²) in [5, 5.41) is 17.1. The summed E-state index contributed by atoms with van der Waals surface area (Å²) < 4.78 is 1.72. The number of aromatic nitrogens is 5. The number of nitrogens with one attached hydrogen (secondary N) is 2. The van der Waals surface area contributed by atoms with Crippen LogP contribution < -0.4 is 21.1 Å². The Hall–Kier alpha value is -6.40. The van der Waals surface area contributed by atoms with E-state index < -0.39 is 35.4 Å². The van der Waals surface area contributed by atoms with E-state index in [9.17, 15) is 33.9 Å². The number of Topliss-reactive ketones (excluding diaryl/α,β-unsaturated/α-hetero) is 1. The number of piperazine rings is 1. The number of amides is 4. The van der Waals surface area contributed by atoms with Crippen molar-refractivity contribution in [2.45, 2.75) is 124 Å². The Bertz CT molecular complexity index is 2790. The predicted molar refractivity (Wildman–Crippen MR) is 263 cm³/mol. The van der Waals surface area contributed by atoms with Gasteiger partial charge in [-0.25, -0.2) is 15.0 Å². The van der Waals surface area contributed by atoms with E-state index in [2.05, 4.69) is 25.5 Å². The highest BCUT2D eigenvalue weighted by Gasteiger charge is 2.44. The van der Waals surface area contributed by atoms with Gasteiger partial charge in [0.15, 0.2) is 5.78 Å². The molecule has 18 heteroatoms. The van der Waals surface area contributed by atoms with Gasteiger partial charge in [-0.1, -0.05) is 57.9 Å². The first-order chi connectivity index (χ1) is 33.0. The molecule has 1 aliphatic carbocycles. The van der Waals surface area contributed by atoms with Crippen molar-refractivity contribution in [1.82, 2.24) is 44.9 Å². The van der Waals surface area contributed by atoms with Gasteiger partial charge in [-0.05, 0) is 67.9 Å². The fourth-order valence-electron chi connectivity index (χ4n) is 9.85. The van der Waals surface area contributed by atoms with Crippen LogP contribution in [0.25, 0.3) is 21.5 Å². The van der Waals surface area contributed by atoms with Crippen molar-refractivity contribution in [2.24, 2.45) is 5.41 Å².